The number of hydrogen-bond acceptors (Lipinski definition) is 2. The molecule has 0 saturated heterocycles. The molecule has 2 heteroatoms. The lowest BCUT2D eigenvalue weighted by Crippen LogP contribution is -2.08. The first-order valence-electron chi connectivity index (χ1n) is 6.46. The maximum Gasteiger partial charge on any atom is 0.306 e. The highest BCUT2D eigenvalue weighted by atomic mass is 16.5. The van der Waals surface area contributed by atoms with Crippen molar-refractivity contribution in [3.63, 3.8) is 0 Å². The lowest BCUT2D eigenvalue weighted by atomic mass is 10.0. The van der Waals surface area contributed by atoms with Gasteiger partial charge in [-0.3, -0.25) is 4.79 Å². The van der Waals surface area contributed by atoms with Gasteiger partial charge in [0.15, 0.2) is 0 Å². The van der Waals surface area contributed by atoms with Crippen molar-refractivity contribution in [1.82, 2.24) is 0 Å². The molecule has 0 aromatic carbocycles. The fourth-order valence-corrected chi connectivity index (χ4v) is 1.47. The average molecular weight is 238 g/mol. The van der Waals surface area contributed by atoms with Crippen LogP contribution in [0, 0.1) is 5.92 Å². The maximum atomic E-state index is 11.2. The zero-order chi connectivity index (χ0) is 13.1. The van der Waals surface area contributed by atoms with Gasteiger partial charge >= 0.3 is 5.97 Å². The molecular weight excluding hydrogens is 212 g/mol. The molecule has 98 valence electrons. The molecule has 0 aliphatic rings. The van der Waals surface area contributed by atoms with Crippen molar-refractivity contribution in [2.45, 2.75) is 52.9 Å². The van der Waals surface area contributed by atoms with E-state index in [1.165, 1.54) is 5.57 Å². The Balaban J connectivity index is 3.50. The Morgan fingerprint density at radius 3 is 2.59 bits per heavy atom. The monoisotopic (exact) mass is 238 g/mol. The highest BCUT2D eigenvalue weighted by molar-refractivity contribution is 5.69. The van der Waals surface area contributed by atoms with Crippen LogP contribution in [0.4, 0.5) is 0 Å². The van der Waals surface area contributed by atoms with Crippen LogP contribution < -0.4 is 0 Å². The van der Waals surface area contributed by atoms with Gasteiger partial charge in [0.1, 0.15) is 0 Å². The maximum absolute atomic E-state index is 11.2. The van der Waals surface area contributed by atoms with Gasteiger partial charge in [0.2, 0.25) is 0 Å². The van der Waals surface area contributed by atoms with Crippen LogP contribution in [0.5, 0.6) is 0 Å². The van der Waals surface area contributed by atoms with Crippen LogP contribution in [-0.2, 0) is 9.53 Å². The van der Waals surface area contributed by atoms with Crippen LogP contribution in [0.2, 0.25) is 0 Å². The molecule has 1 unspecified atom stereocenters. The second-order valence-corrected chi connectivity index (χ2v) is 4.80. The topological polar surface area (TPSA) is 26.3 Å². The van der Waals surface area contributed by atoms with E-state index >= 15 is 0 Å². The lowest BCUT2D eigenvalue weighted by molar-refractivity contribution is -0.143. The van der Waals surface area contributed by atoms with Crippen molar-refractivity contribution in [3.8, 4) is 0 Å². The van der Waals surface area contributed by atoms with E-state index in [-0.39, 0.29) is 5.97 Å². The van der Waals surface area contributed by atoms with E-state index in [1.807, 2.05) is 0 Å². The van der Waals surface area contributed by atoms with E-state index in [9.17, 15) is 4.79 Å². The first-order valence-corrected chi connectivity index (χ1v) is 6.46. The summed E-state index contributed by atoms with van der Waals surface area (Å²) in [7, 11) is 0. The van der Waals surface area contributed by atoms with Gasteiger partial charge in [0.05, 0.1) is 6.61 Å². The van der Waals surface area contributed by atoms with Crippen molar-refractivity contribution in [2.75, 3.05) is 6.61 Å². The summed E-state index contributed by atoms with van der Waals surface area (Å²) >= 11 is 0. The van der Waals surface area contributed by atoms with Gasteiger partial charge in [-0.15, -0.1) is 6.58 Å². The largest absolute Gasteiger partial charge is 0.466 e. The van der Waals surface area contributed by atoms with E-state index in [4.69, 9.17) is 4.74 Å². The number of ether oxygens (including phenoxy) is 1. The first kappa shape index (κ1) is 16.0. The zero-order valence-electron chi connectivity index (χ0n) is 11.5. The molecule has 0 aliphatic heterocycles. The summed E-state index contributed by atoms with van der Waals surface area (Å²) in [6, 6.07) is 0. The molecule has 0 spiro atoms. The van der Waals surface area contributed by atoms with E-state index in [1.54, 1.807) is 6.08 Å². The van der Waals surface area contributed by atoms with Crippen molar-refractivity contribution < 1.29 is 9.53 Å². The van der Waals surface area contributed by atoms with Gasteiger partial charge < -0.3 is 4.74 Å². The number of rotatable bonds is 9. The van der Waals surface area contributed by atoms with E-state index < -0.39 is 0 Å². The molecule has 2 nitrogen and oxygen atoms in total. The summed E-state index contributed by atoms with van der Waals surface area (Å²) in [5, 5.41) is 0. The predicted octanol–water partition coefficient (Wildman–Crippen LogP) is 4.27. The van der Waals surface area contributed by atoms with Gasteiger partial charge in [-0.05, 0) is 45.4 Å². The van der Waals surface area contributed by atoms with Crippen LogP contribution in [0.1, 0.15) is 52.9 Å². The summed E-state index contributed by atoms with van der Waals surface area (Å²) in [6.07, 6.45) is 8.39. The number of allylic oxidation sites excluding steroid dienone is 3. The molecule has 0 heterocycles. The second kappa shape index (κ2) is 10.1. The summed E-state index contributed by atoms with van der Waals surface area (Å²) in [5.41, 5.74) is 1.37. The highest BCUT2D eigenvalue weighted by Gasteiger charge is 2.04. The lowest BCUT2D eigenvalue weighted by Gasteiger charge is -2.10. The minimum Gasteiger partial charge on any atom is -0.466 e. The van der Waals surface area contributed by atoms with Gasteiger partial charge in [0, 0.05) is 6.42 Å². The molecule has 0 bridgehead atoms. The summed E-state index contributed by atoms with van der Waals surface area (Å²) < 4.78 is 5.14. The van der Waals surface area contributed by atoms with Crippen LogP contribution in [-0.4, -0.2) is 12.6 Å². The van der Waals surface area contributed by atoms with Gasteiger partial charge in [-0.25, -0.2) is 0 Å². The predicted molar refractivity (Wildman–Crippen MR) is 72.8 cm³/mol. The molecule has 1 atom stereocenters. The third-order valence-corrected chi connectivity index (χ3v) is 2.64. The molecule has 0 amide bonds. The van der Waals surface area contributed by atoms with Gasteiger partial charge in [-0.1, -0.05) is 24.6 Å². The fourth-order valence-electron chi connectivity index (χ4n) is 1.47. The number of hydrogen-bond donors (Lipinski definition) is 0. The molecule has 0 N–H and O–H groups in total. The van der Waals surface area contributed by atoms with Crippen LogP contribution >= 0.6 is 0 Å². The zero-order valence-corrected chi connectivity index (χ0v) is 11.5. The minimum absolute atomic E-state index is 0.110. The highest BCUT2D eigenvalue weighted by Crippen LogP contribution is 2.12. The number of carbonyl (C=O) groups excluding carboxylic acids is 1. The average Bonchev–Trinajstić information content (AvgIpc) is 2.25. The third-order valence-electron chi connectivity index (χ3n) is 2.64. The van der Waals surface area contributed by atoms with Crippen molar-refractivity contribution >= 4 is 5.97 Å². The quantitative estimate of drug-likeness (QED) is 0.443. The van der Waals surface area contributed by atoms with Gasteiger partial charge in [0.25, 0.3) is 0 Å². The Morgan fingerprint density at radius 1 is 1.29 bits per heavy atom. The van der Waals surface area contributed by atoms with Crippen molar-refractivity contribution in [3.05, 3.63) is 24.3 Å². The molecule has 0 saturated carbocycles. The van der Waals surface area contributed by atoms with Crippen LogP contribution in [0.25, 0.3) is 0 Å². The molecule has 0 aromatic rings. The molecule has 0 rings (SSSR count). The molecule has 17 heavy (non-hydrogen) atoms. The Morgan fingerprint density at radius 2 is 2.00 bits per heavy atom. The molecule has 0 aromatic heterocycles. The second-order valence-electron chi connectivity index (χ2n) is 4.80. The smallest absolute Gasteiger partial charge is 0.306 e. The van der Waals surface area contributed by atoms with Crippen molar-refractivity contribution in [1.29, 1.82) is 0 Å². The first-order chi connectivity index (χ1) is 8.06. The molecular formula is C15H26O2. The van der Waals surface area contributed by atoms with Crippen molar-refractivity contribution in [2.24, 2.45) is 5.92 Å². The summed E-state index contributed by atoms with van der Waals surface area (Å²) in [4.78, 5) is 11.2. The van der Waals surface area contributed by atoms with Crippen LogP contribution in [0.3, 0.4) is 0 Å². The van der Waals surface area contributed by atoms with Crippen LogP contribution in [0.15, 0.2) is 24.3 Å². The standard InChI is InChI=1S/C15H26O2/c1-5-6-10-15(16)17-12-11-14(4)9-7-8-13(2)3/h5,8,14H,1,6-7,9-12H2,2-4H3. The molecule has 0 aliphatic carbocycles. The molecule has 0 radical (unpaired) electrons. The Labute approximate surface area is 106 Å². The summed E-state index contributed by atoms with van der Waals surface area (Å²) in [6.45, 7) is 10.6. The third kappa shape index (κ3) is 11.2. The van der Waals surface area contributed by atoms with Gasteiger partial charge in [-0.2, -0.15) is 0 Å². The Kier molecular flexibility index (Phi) is 9.50. The number of esters is 1. The number of carbonyl (C=O) groups is 1. The van der Waals surface area contributed by atoms with E-state index in [2.05, 4.69) is 33.4 Å². The fraction of sp³-hybridized carbons (Fsp3) is 0.667. The normalized spacial score (nSPS) is 11.7. The Bertz CT molecular complexity index is 250. The molecule has 0 fully saturated rings. The minimum atomic E-state index is -0.110. The van der Waals surface area contributed by atoms with E-state index in [0.717, 1.165) is 19.3 Å². The summed E-state index contributed by atoms with van der Waals surface area (Å²) in [5.74, 6) is 0.499. The SMILES string of the molecule is C=CCCC(=O)OCCC(C)CCC=C(C)C. The Hall–Kier alpha value is -1.05. The van der Waals surface area contributed by atoms with E-state index in [0.29, 0.717) is 25.4 Å².